The summed E-state index contributed by atoms with van der Waals surface area (Å²) in [7, 11) is 1.60. The van der Waals surface area contributed by atoms with Gasteiger partial charge in [-0.25, -0.2) is 4.39 Å². The number of aromatic nitrogens is 1. The van der Waals surface area contributed by atoms with Crippen molar-refractivity contribution in [3.05, 3.63) is 107 Å². The summed E-state index contributed by atoms with van der Waals surface area (Å²) >= 11 is 0. The molecule has 0 aliphatic carbocycles. The Bertz CT molecular complexity index is 1550. The van der Waals surface area contributed by atoms with Crippen molar-refractivity contribution in [1.29, 1.82) is 0 Å². The number of carbonyl (C=O) groups excluding carboxylic acids is 2. The third-order valence-electron chi connectivity index (χ3n) is 8.06. The van der Waals surface area contributed by atoms with Gasteiger partial charge in [-0.3, -0.25) is 9.59 Å². The van der Waals surface area contributed by atoms with Crippen molar-refractivity contribution in [3.8, 4) is 22.7 Å². The Hall–Kier alpha value is -4.39. The molecule has 42 heavy (non-hydrogen) atoms. The Morgan fingerprint density at radius 2 is 1.52 bits per heavy atom. The Kier molecular flexibility index (Phi) is 9.06. The van der Waals surface area contributed by atoms with E-state index in [2.05, 4.69) is 6.92 Å². The molecule has 7 heteroatoms. The van der Waals surface area contributed by atoms with Gasteiger partial charge in [0.1, 0.15) is 11.6 Å². The number of amides is 2. The lowest BCUT2D eigenvalue weighted by atomic mass is 10.0. The van der Waals surface area contributed by atoms with Gasteiger partial charge in [0.15, 0.2) is 0 Å². The van der Waals surface area contributed by atoms with E-state index in [1.54, 1.807) is 34.8 Å². The molecule has 2 heterocycles. The number of hydrogen-bond acceptors (Lipinski definition) is 3. The van der Waals surface area contributed by atoms with Crippen molar-refractivity contribution >= 4 is 11.8 Å². The lowest BCUT2D eigenvalue weighted by Crippen LogP contribution is -2.50. The summed E-state index contributed by atoms with van der Waals surface area (Å²) in [5, 5.41) is 0. The smallest absolute Gasteiger partial charge is 0.255 e. The van der Waals surface area contributed by atoms with Gasteiger partial charge < -0.3 is 19.1 Å². The summed E-state index contributed by atoms with van der Waals surface area (Å²) in [6, 6.07) is 23.8. The second kappa shape index (κ2) is 13.1. The fourth-order valence-corrected chi connectivity index (χ4v) is 5.62. The number of hydrogen-bond donors (Lipinski definition) is 0. The monoisotopic (exact) mass is 567 g/mol. The van der Waals surface area contributed by atoms with E-state index in [-0.39, 0.29) is 17.6 Å². The van der Waals surface area contributed by atoms with Gasteiger partial charge in [0.25, 0.3) is 11.8 Å². The van der Waals surface area contributed by atoms with Crippen molar-refractivity contribution in [3.63, 3.8) is 0 Å². The van der Waals surface area contributed by atoms with Crippen molar-refractivity contribution in [2.75, 3.05) is 33.3 Å². The van der Waals surface area contributed by atoms with Crippen molar-refractivity contribution in [2.45, 2.75) is 39.5 Å². The first-order chi connectivity index (χ1) is 20.4. The SMILES string of the molecule is CCCCCc1ccc(C(=O)N2CCN(C(=O)c3cc(-c4cccc(OC)c4)n(-c4ccccc4F)c3C)CC2)cc1. The van der Waals surface area contributed by atoms with Gasteiger partial charge in [0.2, 0.25) is 0 Å². The van der Waals surface area contributed by atoms with Gasteiger partial charge >= 0.3 is 0 Å². The summed E-state index contributed by atoms with van der Waals surface area (Å²) in [5.74, 6) is 0.159. The summed E-state index contributed by atoms with van der Waals surface area (Å²) in [4.78, 5) is 30.6. The molecule has 0 unspecified atom stereocenters. The largest absolute Gasteiger partial charge is 0.497 e. The molecule has 0 bridgehead atoms. The van der Waals surface area contributed by atoms with Crippen LogP contribution in [0.4, 0.5) is 4.39 Å². The fraction of sp³-hybridized carbons (Fsp3) is 0.314. The zero-order valence-corrected chi connectivity index (χ0v) is 24.6. The number of rotatable bonds is 9. The first-order valence-electron chi connectivity index (χ1n) is 14.7. The zero-order valence-electron chi connectivity index (χ0n) is 24.6. The number of aryl methyl sites for hydroxylation is 1. The number of para-hydroxylation sites is 1. The first-order valence-corrected chi connectivity index (χ1v) is 14.7. The predicted molar refractivity (Wildman–Crippen MR) is 164 cm³/mol. The molecule has 1 aliphatic heterocycles. The van der Waals surface area contributed by atoms with E-state index in [1.807, 2.05) is 66.4 Å². The van der Waals surface area contributed by atoms with Gasteiger partial charge in [-0.05, 0) is 67.8 Å². The second-order valence-corrected chi connectivity index (χ2v) is 10.8. The van der Waals surface area contributed by atoms with Crippen LogP contribution in [0.5, 0.6) is 5.75 Å². The molecule has 218 valence electrons. The van der Waals surface area contributed by atoms with Crippen LogP contribution in [0.2, 0.25) is 0 Å². The summed E-state index contributed by atoms with van der Waals surface area (Å²) in [5.41, 5.74) is 4.98. The normalized spacial score (nSPS) is 13.3. The minimum Gasteiger partial charge on any atom is -0.497 e. The maximum absolute atomic E-state index is 15.0. The summed E-state index contributed by atoms with van der Waals surface area (Å²) in [6.07, 6.45) is 4.58. The van der Waals surface area contributed by atoms with Crippen LogP contribution in [-0.2, 0) is 6.42 Å². The number of piperazine rings is 1. The van der Waals surface area contributed by atoms with Crippen LogP contribution in [0.25, 0.3) is 16.9 Å². The molecule has 6 nitrogen and oxygen atoms in total. The van der Waals surface area contributed by atoms with E-state index < -0.39 is 0 Å². The Morgan fingerprint density at radius 3 is 2.19 bits per heavy atom. The van der Waals surface area contributed by atoms with E-state index in [0.29, 0.717) is 60.1 Å². The molecule has 4 aromatic rings. The van der Waals surface area contributed by atoms with E-state index in [0.717, 1.165) is 18.4 Å². The number of benzene rings is 3. The quantitative estimate of drug-likeness (QED) is 0.206. The molecule has 3 aromatic carbocycles. The lowest BCUT2D eigenvalue weighted by Gasteiger charge is -2.35. The molecule has 0 N–H and O–H groups in total. The molecule has 1 aliphatic rings. The lowest BCUT2D eigenvalue weighted by molar-refractivity contribution is 0.0535. The standard InChI is InChI=1S/C35H38FN3O3/c1-4-5-6-10-26-15-17-27(18-16-26)34(40)37-19-21-38(22-20-37)35(41)30-24-33(28-11-9-12-29(23-28)42-3)39(25(30)2)32-14-8-7-13-31(32)36/h7-9,11-18,23-24H,4-6,10,19-22H2,1-3H3. The first kappa shape index (κ1) is 29.1. The molecule has 1 aromatic heterocycles. The average molecular weight is 568 g/mol. The van der Waals surface area contributed by atoms with Crippen LogP contribution >= 0.6 is 0 Å². The molecule has 1 saturated heterocycles. The zero-order chi connectivity index (χ0) is 29.6. The molecule has 5 rings (SSSR count). The minimum atomic E-state index is -0.375. The maximum Gasteiger partial charge on any atom is 0.255 e. The third kappa shape index (κ3) is 6.10. The molecule has 1 fully saturated rings. The van der Waals surface area contributed by atoms with Crippen molar-refractivity contribution < 1.29 is 18.7 Å². The second-order valence-electron chi connectivity index (χ2n) is 10.8. The highest BCUT2D eigenvalue weighted by Gasteiger charge is 2.29. The van der Waals surface area contributed by atoms with E-state index in [4.69, 9.17) is 4.74 Å². The van der Waals surface area contributed by atoms with Gasteiger partial charge in [-0.15, -0.1) is 0 Å². The molecular formula is C35H38FN3O3. The van der Waals surface area contributed by atoms with Gasteiger partial charge in [-0.1, -0.05) is 56.2 Å². The van der Waals surface area contributed by atoms with Crippen LogP contribution in [0.15, 0.2) is 78.9 Å². The van der Waals surface area contributed by atoms with Crippen LogP contribution in [-0.4, -0.2) is 59.5 Å². The van der Waals surface area contributed by atoms with Crippen LogP contribution in [0.3, 0.4) is 0 Å². The number of ether oxygens (including phenoxy) is 1. The van der Waals surface area contributed by atoms with E-state index in [1.165, 1.54) is 24.5 Å². The molecular weight excluding hydrogens is 529 g/mol. The Labute approximate surface area is 247 Å². The van der Waals surface area contributed by atoms with E-state index in [9.17, 15) is 9.59 Å². The third-order valence-corrected chi connectivity index (χ3v) is 8.06. The molecule has 0 radical (unpaired) electrons. The average Bonchev–Trinajstić information content (AvgIpc) is 3.37. The van der Waals surface area contributed by atoms with Gasteiger partial charge in [0, 0.05) is 43.0 Å². The molecule has 0 atom stereocenters. The summed E-state index contributed by atoms with van der Waals surface area (Å²) < 4.78 is 22.2. The van der Waals surface area contributed by atoms with Crippen molar-refractivity contribution in [2.24, 2.45) is 0 Å². The van der Waals surface area contributed by atoms with Gasteiger partial charge in [0.05, 0.1) is 24.1 Å². The van der Waals surface area contributed by atoms with E-state index >= 15 is 4.39 Å². The Balaban J connectivity index is 1.34. The fourth-order valence-electron chi connectivity index (χ4n) is 5.62. The highest BCUT2D eigenvalue weighted by molar-refractivity contribution is 5.98. The van der Waals surface area contributed by atoms with Crippen molar-refractivity contribution in [1.82, 2.24) is 14.4 Å². The minimum absolute atomic E-state index is 0.00981. The van der Waals surface area contributed by atoms with Crippen LogP contribution in [0, 0.1) is 12.7 Å². The molecule has 0 spiro atoms. The predicted octanol–water partition coefficient (Wildman–Crippen LogP) is 6.93. The van der Waals surface area contributed by atoms with Crippen LogP contribution < -0.4 is 4.74 Å². The number of nitrogens with zero attached hydrogens (tertiary/aromatic N) is 3. The highest BCUT2D eigenvalue weighted by Crippen LogP contribution is 2.33. The number of unbranched alkanes of at least 4 members (excludes halogenated alkanes) is 2. The molecule has 0 saturated carbocycles. The maximum atomic E-state index is 15.0. The topological polar surface area (TPSA) is 54.8 Å². The summed E-state index contributed by atoms with van der Waals surface area (Å²) in [6.45, 7) is 5.81. The number of carbonyl (C=O) groups is 2. The highest BCUT2D eigenvalue weighted by atomic mass is 19.1. The van der Waals surface area contributed by atoms with Crippen LogP contribution in [0.1, 0.15) is 58.2 Å². The number of methoxy groups -OCH3 is 1. The van der Waals surface area contributed by atoms with Gasteiger partial charge in [-0.2, -0.15) is 0 Å². The number of halogens is 1. The molecule has 2 amide bonds. The Morgan fingerprint density at radius 1 is 0.833 bits per heavy atom.